The maximum absolute atomic E-state index is 11.1. The number of aromatic nitrogens is 2. The van der Waals surface area contributed by atoms with Crippen molar-refractivity contribution in [3.05, 3.63) is 16.7 Å². The highest BCUT2D eigenvalue weighted by Crippen LogP contribution is 2.19. The van der Waals surface area contributed by atoms with E-state index in [9.17, 15) is 4.79 Å². The van der Waals surface area contributed by atoms with Gasteiger partial charge in [0.1, 0.15) is 0 Å². The lowest BCUT2D eigenvalue weighted by molar-refractivity contribution is 0.237. The van der Waals surface area contributed by atoms with Crippen molar-refractivity contribution in [2.45, 2.75) is 27.2 Å². The fourth-order valence-electron chi connectivity index (χ4n) is 0.963. The highest BCUT2D eigenvalue weighted by Gasteiger charge is 2.11. The van der Waals surface area contributed by atoms with Gasteiger partial charge in [-0.2, -0.15) is 0 Å². The Morgan fingerprint density at radius 1 is 1.53 bits per heavy atom. The molecular formula is C10H17N3O2. The van der Waals surface area contributed by atoms with Crippen molar-refractivity contribution in [2.75, 3.05) is 12.3 Å². The summed E-state index contributed by atoms with van der Waals surface area (Å²) in [5.41, 5.74) is 5.36. The molecule has 5 nitrogen and oxygen atoms in total. The summed E-state index contributed by atoms with van der Waals surface area (Å²) in [6.45, 7) is 6.85. The Hall–Kier alpha value is -1.52. The van der Waals surface area contributed by atoms with Gasteiger partial charge in [0.25, 0.3) is 5.56 Å². The lowest BCUT2D eigenvalue weighted by Crippen LogP contribution is -2.17. The Kier molecular flexibility index (Phi) is 3.34. The number of ether oxygens (including phenoxy) is 1. The molecular weight excluding hydrogens is 194 g/mol. The van der Waals surface area contributed by atoms with E-state index in [1.165, 1.54) is 6.33 Å². The third-order valence-corrected chi connectivity index (χ3v) is 1.94. The van der Waals surface area contributed by atoms with E-state index in [2.05, 4.69) is 30.7 Å². The quantitative estimate of drug-likeness (QED) is 0.786. The summed E-state index contributed by atoms with van der Waals surface area (Å²) in [5.74, 6) is 0.211. The van der Waals surface area contributed by atoms with Gasteiger partial charge in [0, 0.05) is 0 Å². The standard InChI is InChI=1S/C10H17N3O2/c1-10(2,3)4-5-15-9-7(11)8(14)12-6-13-9/h6H,4-5,11H2,1-3H3,(H,12,13,14). The maximum Gasteiger partial charge on any atom is 0.277 e. The largest absolute Gasteiger partial charge is 0.476 e. The number of H-pyrrole nitrogens is 1. The van der Waals surface area contributed by atoms with Crippen molar-refractivity contribution in [3.63, 3.8) is 0 Å². The molecule has 1 aromatic heterocycles. The number of anilines is 1. The van der Waals surface area contributed by atoms with Gasteiger partial charge >= 0.3 is 0 Å². The summed E-state index contributed by atoms with van der Waals surface area (Å²) >= 11 is 0. The number of nitrogen functional groups attached to an aromatic ring is 1. The molecule has 0 aliphatic rings. The van der Waals surface area contributed by atoms with E-state index in [1.54, 1.807) is 0 Å². The van der Waals surface area contributed by atoms with Crippen molar-refractivity contribution in [1.29, 1.82) is 0 Å². The van der Waals surface area contributed by atoms with Crippen molar-refractivity contribution >= 4 is 5.69 Å². The van der Waals surface area contributed by atoms with Crippen LogP contribution in [0.3, 0.4) is 0 Å². The molecule has 0 spiro atoms. The van der Waals surface area contributed by atoms with Crippen LogP contribution in [0.1, 0.15) is 27.2 Å². The Bertz CT molecular complexity index is 379. The van der Waals surface area contributed by atoms with Crippen LogP contribution in [0.4, 0.5) is 5.69 Å². The Morgan fingerprint density at radius 3 is 2.80 bits per heavy atom. The molecule has 1 aromatic rings. The van der Waals surface area contributed by atoms with Gasteiger partial charge in [0.2, 0.25) is 5.88 Å². The molecule has 0 aliphatic heterocycles. The first kappa shape index (κ1) is 11.6. The number of nitrogens with two attached hydrogens (primary N) is 1. The lowest BCUT2D eigenvalue weighted by atomic mass is 9.93. The molecule has 0 amide bonds. The predicted octanol–water partition coefficient (Wildman–Crippen LogP) is 1.17. The summed E-state index contributed by atoms with van der Waals surface area (Å²) in [6, 6.07) is 0. The van der Waals surface area contributed by atoms with Crippen LogP contribution in [0.5, 0.6) is 5.88 Å². The predicted molar refractivity (Wildman–Crippen MR) is 58.8 cm³/mol. The zero-order chi connectivity index (χ0) is 11.5. The van der Waals surface area contributed by atoms with Gasteiger partial charge in [0.15, 0.2) is 5.69 Å². The smallest absolute Gasteiger partial charge is 0.277 e. The molecule has 84 valence electrons. The summed E-state index contributed by atoms with van der Waals surface area (Å²) in [4.78, 5) is 17.3. The minimum absolute atomic E-state index is 0.0337. The minimum Gasteiger partial charge on any atom is -0.476 e. The zero-order valence-electron chi connectivity index (χ0n) is 9.33. The molecule has 5 heteroatoms. The minimum atomic E-state index is -0.365. The molecule has 0 bridgehead atoms. The normalized spacial score (nSPS) is 11.4. The van der Waals surface area contributed by atoms with Crippen LogP contribution in [-0.4, -0.2) is 16.6 Å². The fourth-order valence-corrected chi connectivity index (χ4v) is 0.963. The molecule has 0 atom stereocenters. The molecule has 0 saturated carbocycles. The summed E-state index contributed by atoms with van der Waals surface area (Å²) in [7, 11) is 0. The van der Waals surface area contributed by atoms with Crippen LogP contribution in [0.15, 0.2) is 11.1 Å². The summed E-state index contributed by atoms with van der Waals surface area (Å²) in [5, 5.41) is 0. The molecule has 0 unspecified atom stereocenters. The first-order valence-electron chi connectivity index (χ1n) is 4.86. The fraction of sp³-hybridized carbons (Fsp3) is 0.600. The van der Waals surface area contributed by atoms with Gasteiger partial charge in [-0.25, -0.2) is 4.98 Å². The van der Waals surface area contributed by atoms with Gasteiger partial charge in [-0.1, -0.05) is 20.8 Å². The van der Waals surface area contributed by atoms with Crippen molar-refractivity contribution in [2.24, 2.45) is 5.41 Å². The van der Waals surface area contributed by atoms with Crippen LogP contribution in [0.25, 0.3) is 0 Å². The molecule has 0 aliphatic carbocycles. The van der Waals surface area contributed by atoms with Gasteiger partial charge in [-0.15, -0.1) is 0 Å². The van der Waals surface area contributed by atoms with Crippen molar-refractivity contribution < 1.29 is 4.74 Å². The topological polar surface area (TPSA) is 81.0 Å². The Morgan fingerprint density at radius 2 is 2.20 bits per heavy atom. The van der Waals surface area contributed by atoms with Crippen LogP contribution in [-0.2, 0) is 0 Å². The van der Waals surface area contributed by atoms with Crippen molar-refractivity contribution in [1.82, 2.24) is 9.97 Å². The lowest BCUT2D eigenvalue weighted by Gasteiger charge is -2.17. The van der Waals surface area contributed by atoms with Crippen LogP contribution in [0, 0.1) is 5.41 Å². The Labute approximate surface area is 88.7 Å². The first-order chi connectivity index (χ1) is 6.90. The van der Waals surface area contributed by atoms with Gasteiger partial charge in [-0.05, 0) is 11.8 Å². The monoisotopic (exact) mass is 211 g/mol. The molecule has 3 N–H and O–H groups in total. The zero-order valence-corrected chi connectivity index (χ0v) is 9.33. The highest BCUT2D eigenvalue weighted by molar-refractivity contribution is 5.44. The molecule has 0 saturated heterocycles. The van der Waals surface area contributed by atoms with E-state index >= 15 is 0 Å². The number of aromatic amines is 1. The second-order valence-electron chi connectivity index (χ2n) is 4.61. The number of hydrogen-bond acceptors (Lipinski definition) is 4. The van der Waals surface area contributed by atoms with E-state index in [1.807, 2.05) is 0 Å². The van der Waals surface area contributed by atoms with Crippen LogP contribution >= 0.6 is 0 Å². The molecule has 0 aromatic carbocycles. The second-order valence-corrected chi connectivity index (χ2v) is 4.61. The summed E-state index contributed by atoms with van der Waals surface area (Å²) < 4.78 is 5.34. The van der Waals surface area contributed by atoms with E-state index in [0.717, 1.165) is 6.42 Å². The summed E-state index contributed by atoms with van der Waals surface area (Å²) in [6.07, 6.45) is 2.16. The third-order valence-electron chi connectivity index (χ3n) is 1.94. The second kappa shape index (κ2) is 4.33. The molecule has 0 fully saturated rings. The van der Waals surface area contributed by atoms with Crippen molar-refractivity contribution in [3.8, 4) is 5.88 Å². The van der Waals surface area contributed by atoms with E-state index < -0.39 is 0 Å². The Balaban J connectivity index is 2.59. The number of nitrogens with zero attached hydrogens (tertiary/aromatic N) is 1. The van der Waals surface area contributed by atoms with Gasteiger partial charge < -0.3 is 15.5 Å². The molecule has 1 heterocycles. The van der Waals surface area contributed by atoms with E-state index in [4.69, 9.17) is 10.5 Å². The SMILES string of the molecule is CC(C)(C)CCOc1nc[nH]c(=O)c1N. The number of rotatable bonds is 3. The first-order valence-corrected chi connectivity index (χ1v) is 4.86. The number of nitrogens with one attached hydrogen (secondary N) is 1. The number of hydrogen-bond donors (Lipinski definition) is 2. The van der Waals surface area contributed by atoms with Crippen LogP contribution in [0.2, 0.25) is 0 Å². The average molecular weight is 211 g/mol. The molecule has 0 radical (unpaired) electrons. The van der Waals surface area contributed by atoms with Crippen LogP contribution < -0.4 is 16.0 Å². The molecule has 15 heavy (non-hydrogen) atoms. The average Bonchev–Trinajstić information content (AvgIpc) is 2.10. The maximum atomic E-state index is 11.1. The third kappa shape index (κ3) is 3.61. The molecule has 1 rings (SSSR count). The van der Waals surface area contributed by atoms with E-state index in [-0.39, 0.29) is 22.5 Å². The highest BCUT2D eigenvalue weighted by atomic mass is 16.5. The van der Waals surface area contributed by atoms with Gasteiger partial charge in [-0.3, -0.25) is 4.79 Å². The van der Waals surface area contributed by atoms with Gasteiger partial charge in [0.05, 0.1) is 12.9 Å². The van der Waals surface area contributed by atoms with E-state index in [0.29, 0.717) is 6.61 Å².